The summed E-state index contributed by atoms with van der Waals surface area (Å²) in [6.45, 7) is 0.0531. The van der Waals surface area contributed by atoms with Crippen LogP contribution >= 0.6 is 11.8 Å². The van der Waals surface area contributed by atoms with Crippen LogP contribution in [0.4, 0.5) is 5.69 Å². The molecule has 3 aromatic rings. The summed E-state index contributed by atoms with van der Waals surface area (Å²) in [6.07, 6.45) is 0.0448. The Kier molecular flexibility index (Phi) is 5.95. The van der Waals surface area contributed by atoms with Crippen LogP contribution in [0.1, 0.15) is 32.7 Å². The van der Waals surface area contributed by atoms with Gasteiger partial charge in [0.15, 0.2) is 0 Å². The first-order valence-electron chi connectivity index (χ1n) is 9.64. The molecule has 150 valence electrons. The van der Waals surface area contributed by atoms with E-state index in [4.69, 9.17) is 0 Å². The Hall–Kier alpha value is -3.38. The number of amides is 3. The highest BCUT2D eigenvalue weighted by molar-refractivity contribution is 7.98. The first kappa shape index (κ1) is 19.9. The zero-order chi connectivity index (χ0) is 20.9. The summed E-state index contributed by atoms with van der Waals surface area (Å²) in [6, 6.07) is 24.5. The van der Waals surface area contributed by atoms with E-state index in [-0.39, 0.29) is 30.7 Å². The number of nitrogens with zero attached hydrogens (tertiary/aromatic N) is 1. The molecule has 6 heteroatoms. The Morgan fingerprint density at radius 2 is 1.40 bits per heavy atom. The first-order valence-corrected chi connectivity index (χ1v) is 10.6. The lowest BCUT2D eigenvalue weighted by Crippen LogP contribution is -2.32. The molecule has 3 amide bonds. The van der Waals surface area contributed by atoms with Gasteiger partial charge in [0, 0.05) is 23.6 Å². The fourth-order valence-electron chi connectivity index (χ4n) is 3.30. The molecule has 30 heavy (non-hydrogen) atoms. The minimum Gasteiger partial charge on any atom is -0.325 e. The van der Waals surface area contributed by atoms with Gasteiger partial charge in [-0.1, -0.05) is 54.6 Å². The van der Waals surface area contributed by atoms with E-state index < -0.39 is 0 Å². The van der Waals surface area contributed by atoms with E-state index in [2.05, 4.69) is 17.4 Å². The maximum atomic E-state index is 12.5. The van der Waals surface area contributed by atoms with E-state index in [1.807, 2.05) is 42.5 Å². The van der Waals surface area contributed by atoms with E-state index in [9.17, 15) is 14.4 Å². The second-order valence-electron chi connectivity index (χ2n) is 6.88. The zero-order valence-electron chi connectivity index (χ0n) is 16.2. The van der Waals surface area contributed by atoms with Crippen molar-refractivity contribution in [3.8, 4) is 0 Å². The summed E-state index contributed by atoms with van der Waals surface area (Å²) in [5.74, 6) is -0.133. The molecule has 0 fully saturated rings. The van der Waals surface area contributed by atoms with Crippen molar-refractivity contribution in [2.75, 3.05) is 11.9 Å². The molecule has 1 heterocycles. The molecule has 0 unspecified atom stereocenters. The normalized spacial score (nSPS) is 12.7. The molecule has 0 atom stereocenters. The molecule has 5 nitrogen and oxygen atoms in total. The third kappa shape index (κ3) is 4.28. The molecule has 0 saturated carbocycles. The van der Waals surface area contributed by atoms with Gasteiger partial charge in [-0.15, -0.1) is 11.8 Å². The number of hydrogen-bond acceptors (Lipinski definition) is 4. The standard InChI is InChI=1S/C24H20N2O3S/c27-22(14-15-26-23(28)18-10-4-5-11-19(18)24(26)29)25-20-12-6-7-13-21(20)30-16-17-8-2-1-3-9-17/h1-13H,14-16H2,(H,25,27). The molecule has 1 aliphatic heterocycles. The highest BCUT2D eigenvalue weighted by Gasteiger charge is 2.34. The van der Waals surface area contributed by atoms with Crippen LogP contribution in [0.3, 0.4) is 0 Å². The molecular weight excluding hydrogens is 396 g/mol. The van der Waals surface area contributed by atoms with E-state index in [1.165, 1.54) is 5.56 Å². The van der Waals surface area contributed by atoms with Gasteiger partial charge in [0.2, 0.25) is 5.91 Å². The lowest BCUT2D eigenvalue weighted by molar-refractivity contribution is -0.116. The van der Waals surface area contributed by atoms with E-state index in [1.54, 1.807) is 36.0 Å². The number of carbonyl (C=O) groups excluding carboxylic acids is 3. The lowest BCUT2D eigenvalue weighted by Gasteiger charge is -2.14. The zero-order valence-corrected chi connectivity index (χ0v) is 17.0. The van der Waals surface area contributed by atoms with Crippen LogP contribution < -0.4 is 5.32 Å². The highest BCUT2D eigenvalue weighted by atomic mass is 32.2. The predicted molar refractivity (Wildman–Crippen MR) is 118 cm³/mol. The first-order chi connectivity index (χ1) is 14.6. The smallest absolute Gasteiger partial charge is 0.261 e. The van der Waals surface area contributed by atoms with Gasteiger partial charge in [-0.2, -0.15) is 0 Å². The number of anilines is 1. The van der Waals surface area contributed by atoms with E-state index in [0.717, 1.165) is 21.2 Å². The summed E-state index contributed by atoms with van der Waals surface area (Å²) >= 11 is 1.64. The van der Waals surface area contributed by atoms with Crippen molar-refractivity contribution in [1.82, 2.24) is 4.90 Å². The summed E-state index contributed by atoms with van der Waals surface area (Å²) in [4.78, 5) is 39.5. The molecule has 3 aromatic carbocycles. The largest absolute Gasteiger partial charge is 0.325 e. The second-order valence-corrected chi connectivity index (χ2v) is 7.89. The van der Waals surface area contributed by atoms with Crippen molar-refractivity contribution in [2.24, 2.45) is 0 Å². The fraction of sp³-hybridized carbons (Fsp3) is 0.125. The number of nitrogens with one attached hydrogen (secondary N) is 1. The van der Waals surface area contributed by atoms with Gasteiger partial charge in [0.25, 0.3) is 11.8 Å². The van der Waals surface area contributed by atoms with Gasteiger partial charge in [0.05, 0.1) is 16.8 Å². The molecule has 0 saturated heterocycles. The number of thioether (sulfide) groups is 1. The maximum absolute atomic E-state index is 12.5. The van der Waals surface area contributed by atoms with Crippen molar-refractivity contribution in [3.05, 3.63) is 95.6 Å². The van der Waals surface area contributed by atoms with Crippen LogP contribution in [0.15, 0.2) is 83.8 Å². The molecule has 0 bridgehead atoms. The Morgan fingerprint density at radius 3 is 2.10 bits per heavy atom. The third-order valence-corrected chi connectivity index (χ3v) is 5.98. The minimum atomic E-state index is -0.345. The molecule has 0 radical (unpaired) electrons. The number of imide groups is 1. The average Bonchev–Trinajstić information content (AvgIpc) is 3.02. The minimum absolute atomic E-state index is 0.0448. The van der Waals surface area contributed by atoms with Gasteiger partial charge in [-0.3, -0.25) is 19.3 Å². The number of rotatable bonds is 7. The number of carbonyl (C=O) groups is 3. The molecule has 4 rings (SSSR count). The van der Waals surface area contributed by atoms with Crippen molar-refractivity contribution < 1.29 is 14.4 Å². The van der Waals surface area contributed by atoms with Gasteiger partial charge < -0.3 is 5.32 Å². The van der Waals surface area contributed by atoms with Gasteiger partial charge >= 0.3 is 0 Å². The average molecular weight is 417 g/mol. The topological polar surface area (TPSA) is 66.5 Å². The van der Waals surface area contributed by atoms with Crippen molar-refractivity contribution >= 4 is 35.2 Å². The monoisotopic (exact) mass is 416 g/mol. The molecule has 1 aliphatic rings. The Bertz CT molecular complexity index is 1060. The number of hydrogen-bond donors (Lipinski definition) is 1. The molecule has 0 aliphatic carbocycles. The number of benzene rings is 3. The number of fused-ring (bicyclic) bond motifs is 1. The van der Waals surface area contributed by atoms with Crippen LogP contribution in [0.25, 0.3) is 0 Å². The Balaban J connectivity index is 1.36. The Morgan fingerprint density at radius 1 is 0.800 bits per heavy atom. The molecule has 1 N–H and O–H groups in total. The van der Waals surface area contributed by atoms with Crippen LogP contribution in [0, 0.1) is 0 Å². The maximum Gasteiger partial charge on any atom is 0.261 e. The van der Waals surface area contributed by atoms with E-state index in [0.29, 0.717) is 11.1 Å². The SMILES string of the molecule is O=C(CCN1C(=O)c2ccccc2C1=O)Nc1ccccc1SCc1ccccc1. The van der Waals surface area contributed by atoms with E-state index >= 15 is 0 Å². The van der Waals surface area contributed by atoms with Gasteiger partial charge in [-0.25, -0.2) is 0 Å². The van der Waals surface area contributed by atoms with Crippen molar-refractivity contribution in [2.45, 2.75) is 17.1 Å². The lowest BCUT2D eigenvalue weighted by atomic mass is 10.1. The van der Waals surface area contributed by atoms with Crippen LogP contribution in [0.2, 0.25) is 0 Å². The predicted octanol–water partition coefficient (Wildman–Crippen LogP) is 4.60. The van der Waals surface area contributed by atoms with Crippen molar-refractivity contribution in [3.63, 3.8) is 0 Å². The number of para-hydroxylation sites is 1. The summed E-state index contributed by atoms with van der Waals surface area (Å²) in [7, 11) is 0. The van der Waals surface area contributed by atoms with Crippen molar-refractivity contribution in [1.29, 1.82) is 0 Å². The highest BCUT2D eigenvalue weighted by Crippen LogP contribution is 2.30. The quantitative estimate of drug-likeness (QED) is 0.451. The van der Waals surface area contributed by atoms with Gasteiger partial charge in [0.1, 0.15) is 0 Å². The van der Waals surface area contributed by atoms with Crippen LogP contribution in [-0.2, 0) is 10.5 Å². The molecular formula is C24H20N2O3S. The summed E-state index contributed by atoms with van der Waals surface area (Å²) in [5.41, 5.74) is 2.72. The molecule has 0 aromatic heterocycles. The van der Waals surface area contributed by atoms with Crippen LogP contribution in [0.5, 0.6) is 0 Å². The summed E-state index contributed by atoms with van der Waals surface area (Å²) < 4.78 is 0. The summed E-state index contributed by atoms with van der Waals surface area (Å²) in [5, 5.41) is 2.91. The fourth-order valence-corrected chi connectivity index (χ4v) is 4.26. The van der Waals surface area contributed by atoms with Gasteiger partial charge in [-0.05, 0) is 29.8 Å². The molecule has 0 spiro atoms. The Labute approximate surface area is 179 Å². The van der Waals surface area contributed by atoms with Crippen LogP contribution in [-0.4, -0.2) is 29.2 Å². The third-order valence-electron chi connectivity index (χ3n) is 4.84. The second kappa shape index (κ2) is 8.97.